The molecule has 7 nitrogen and oxygen atoms in total. The molecule has 0 amide bonds. The number of hydrogen-bond acceptors (Lipinski definition) is 7. The summed E-state index contributed by atoms with van der Waals surface area (Å²) < 4.78 is 11.5. The lowest BCUT2D eigenvalue weighted by Crippen LogP contribution is -2.38. The van der Waals surface area contributed by atoms with Crippen molar-refractivity contribution in [3.63, 3.8) is 0 Å². The lowest BCUT2D eigenvalue weighted by atomic mass is 10.1. The van der Waals surface area contributed by atoms with Crippen LogP contribution in [0.1, 0.15) is 25.0 Å². The molecule has 0 atom stereocenters. The Morgan fingerprint density at radius 3 is 2.67 bits per heavy atom. The Morgan fingerprint density at radius 1 is 1.13 bits per heavy atom. The molecular formula is C23H33N5O2. The van der Waals surface area contributed by atoms with E-state index in [2.05, 4.69) is 64.0 Å². The molecule has 7 heteroatoms. The number of benzene rings is 1. The molecular weight excluding hydrogens is 378 g/mol. The molecule has 1 aliphatic rings. The molecule has 0 spiro atoms. The number of anilines is 1. The third kappa shape index (κ3) is 6.78. The number of azo groups is 1. The fourth-order valence-electron chi connectivity index (χ4n) is 3.44. The molecule has 1 fully saturated rings. The maximum atomic E-state index is 6.06. The number of nitrogens with zero attached hydrogens (tertiary/aromatic N) is 5. The topological polar surface area (TPSA) is 62.5 Å². The van der Waals surface area contributed by atoms with Gasteiger partial charge < -0.3 is 14.4 Å². The zero-order chi connectivity index (χ0) is 21.2. The molecule has 2 heterocycles. The lowest BCUT2D eigenvalue weighted by Gasteiger charge is -2.26. The largest absolute Gasteiger partial charge is 0.492 e. The Kier molecular flexibility index (Phi) is 8.59. The SMILES string of the molecule is CCN(CC)c1cc(OCCN2CCOCC2)cc(N=NCc2cccc(C)c2)n1. The van der Waals surface area contributed by atoms with Crippen molar-refractivity contribution in [1.82, 2.24) is 9.88 Å². The number of rotatable bonds is 10. The van der Waals surface area contributed by atoms with Crippen LogP contribution in [0.4, 0.5) is 11.6 Å². The average Bonchev–Trinajstić information content (AvgIpc) is 2.75. The van der Waals surface area contributed by atoms with Gasteiger partial charge in [0, 0.05) is 44.9 Å². The van der Waals surface area contributed by atoms with Gasteiger partial charge in [-0.25, -0.2) is 4.98 Å². The molecule has 1 aromatic heterocycles. The second-order valence-electron chi connectivity index (χ2n) is 7.38. The first-order chi connectivity index (χ1) is 14.7. The summed E-state index contributed by atoms with van der Waals surface area (Å²) in [6.07, 6.45) is 0. The predicted octanol–water partition coefficient (Wildman–Crippen LogP) is 4.23. The van der Waals surface area contributed by atoms with E-state index in [1.807, 2.05) is 18.2 Å². The van der Waals surface area contributed by atoms with Crippen molar-refractivity contribution in [1.29, 1.82) is 0 Å². The highest BCUT2D eigenvalue weighted by Crippen LogP contribution is 2.25. The molecule has 1 aliphatic heterocycles. The van der Waals surface area contributed by atoms with Crippen LogP contribution in [0, 0.1) is 6.92 Å². The maximum Gasteiger partial charge on any atom is 0.179 e. The average molecular weight is 412 g/mol. The van der Waals surface area contributed by atoms with Gasteiger partial charge >= 0.3 is 0 Å². The minimum atomic E-state index is 0.534. The standard InChI is InChI=1S/C23H33N5O2/c1-4-28(5-2)23-17-21(30-14-11-27-9-12-29-13-10-27)16-22(25-23)26-24-18-20-8-6-7-19(3)15-20/h6-8,15-17H,4-5,9-14,18H2,1-3H3. The minimum Gasteiger partial charge on any atom is -0.492 e. The highest BCUT2D eigenvalue weighted by atomic mass is 16.5. The van der Waals surface area contributed by atoms with Crippen LogP contribution in [0.2, 0.25) is 0 Å². The van der Waals surface area contributed by atoms with Crippen molar-refractivity contribution < 1.29 is 9.47 Å². The number of ether oxygens (including phenoxy) is 2. The first-order valence-electron chi connectivity index (χ1n) is 10.8. The molecule has 0 bridgehead atoms. The van der Waals surface area contributed by atoms with Crippen LogP contribution in [0.3, 0.4) is 0 Å². The van der Waals surface area contributed by atoms with Gasteiger partial charge in [-0.15, -0.1) is 5.11 Å². The van der Waals surface area contributed by atoms with E-state index in [9.17, 15) is 0 Å². The van der Waals surface area contributed by atoms with Gasteiger partial charge in [-0.2, -0.15) is 5.11 Å². The molecule has 1 saturated heterocycles. The van der Waals surface area contributed by atoms with Gasteiger partial charge in [-0.3, -0.25) is 4.90 Å². The Labute approximate surface area is 179 Å². The van der Waals surface area contributed by atoms with Crippen LogP contribution in [0.5, 0.6) is 5.75 Å². The maximum absolute atomic E-state index is 6.06. The van der Waals surface area contributed by atoms with Gasteiger partial charge in [0.25, 0.3) is 0 Å². The zero-order valence-corrected chi connectivity index (χ0v) is 18.4. The van der Waals surface area contributed by atoms with Crippen molar-refractivity contribution in [3.8, 4) is 5.75 Å². The first-order valence-corrected chi connectivity index (χ1v) is 10.8. The van der Waals surface area contributed by atoms with Gasteiger partial charge in [0.2, 0.25) is 0 Å². The normalized spacial score (nSPS) is 14.9. The zero-order valence-electron chi connectivity index (χ0n) is 18.4. The van der Waals surface area contributed by atoms with E-state index in [0.29, 0.717) is 19.0 Å². The van der Waals surface area contributed by atoms with Gasteiger partial charge in [0.1, 0.15) is 18.2 Å². The number of hydrogen-bond donors (Lipinski definition) is 0. The fourth-order valence-corrected chi connectivity index (χ4v) is 3.44. The van der Waals surface area contributed by atoms with Crippen molar-refractivity contribution >= 4 is 11.6 Å². The Balaban J connectivity index is 1.68. The van der Waals surface area contributed by atoms with E-state index in [0.717, 1.165) is 63.1 Å². The molecule has 0 aliphatic carbocycles. The molecule has 3 rings (SSSR count). The number of morpholine rings is 1. The van der Waals surface area contributed by atoms with E-state index in [1.54, 1.807) is 0 Å². The number of aromatic nitrogens is 1. The Hall–Kier alpha value is -2.51. The number of pyridine rings is 1. The van der Waals surface area contributed by atoms with Crippen molar-refractivity contribution in [2.24, 2.45) is 10.2 Å². The third-order valence-corrected chi connectivity index (χ3v) is 5.15. The molecule has 1 aromatic carbocycles. The fraction of sp³-hybridized carbons (Fsp3) is 0.522. The predicted molar refractivity (Wildman–Crippen MR) is 120 cm³/mol. The summed E-state index contributed by atoms with van der Waals surface area (Å²) in [5.74, 6) is 2.23. The quantitative estimate of drug-likeness (QED) is 0.548. The molecule has 0 radical (unpaired) electrons. The molecule has 162 valence electrons. The van der Waals surface area contributed by atoms with Gasteiger partial charge in [0.15, 0.2) is 5.82 Å². The van der Waals surface area contributed by atoms with Crippen LogP contribution in [0.15, 0.2) is 46.6 Å². The van der Waals surface area contributed by atoms with Gasteiger partial charge in [-0.05, 0) is 26.3 Å². The third-order valence-electron chi connectivity index (χ3n) is 5.15. The first kappa shape index (κ1) is 22.2. The van der Waals surface area contributed by atoms with Crippen molar-refractivity contribution in [3.05, 3.63) is 47.5 Å². The monoisotopic (exact) mass is 411 g/mol. The van der Waals surface area contributed by atoms with Crippen molar-refractivity contribution in [2.45, 2.75) is 27.3 Å². The summed E-state index contributed by atoms with van der Waals surface area (Å²) in [7, 11) is 0. The van der Waals surface area contributed by atoms with Crippen LogP contribution in [-0.4, -0.2) is 62.4 Å². The number of aryl methyl sites for hydroxylation is 1. The minimum absolute atomic E-state index is 0.534. The van der Waals surface area contributed by atoms with E-state index in [-0.39, 0.29) is 0 Å². The summed E-state index contributed by atoms with van der Waals surface area (Å²) in [4.78, 5) is 9.23. The molecule has 0 saturated carbocycles. The van der Waals surface area contributed by atoms with E-state index < -0.39 is 0 Å². The van der Waals surface area contributed by atoms with E-state index in [4.69, 9.17) is 9.47 Å². The molecule has 2 aromatic rings. The van der Waals surface area contributed by atoms with Gasteiger partial charge in [0.05, 0.1) is 19.8 Å². The second-order valence-corrected chi connectivity index (χ2v) is 7.38. The van der Waals surface area contributed by atoms with Crippen molar-refractivity contribution in [2.75, 3.05) is 57.4 Å². The molecule has 0 N–H and O–H groups in total. The molecule has 30 heavy (non-hydrogen) atoms. The summed E-state index contributed by atoms with van der Waals surface area (Å²) in [6.45, 7) is 13.6. The second kappa shape index (κ2) is 11.6. The van der Waals surface area contributed by atoms with Crippen LogP contribution in [0.25, 0.3) is 0 Å². The lowest BCUT2D eigenvalue weighted by molar-refractivity contribution is 0.0322. The molecule has 0 unspecified atom stereocenters. The van der Waals surface area contributed by atoms with Crippen LogP contribution < -0.4 is 9.64 Å². The highest BCUT2D eigenvalue weighted by molar-refractivity contribution is 5.50. The summed E-state index contributed by atoms with van der Waals surface area (Å²) in [5.41, 5.74) is 2.36. The Morgan fingerprint density at radius 2 is 1.93 bits per heavy atom. The smallest absolute Gasteiger partial charge is 0.179 e. The van der Waals surface area contributed by atoms with Gasteiger partial charge in [-0.1, -0.05) is 29.8 Å². The highest BCUT2D eigenvalue weighted by Gasteiger charge is 2.12. The Bertz CT molecular complexity index is 817. The van der Waals surface area contributed by atoms with E-state index >= 15 is 0 Å². The van der Waals surface area contributed by atoms with E-state index in [1.165, 1.54) is 5.56 Å². The summed E-state index contributed by atoms with van der Waals surface area (Å²) in [5, 5.41) is 8.75. The van der Waals surface area contributed by atoms with Crippen LogP contribution >= 0.6 is 0 Å². The van der Waals surface area contributed by atoms with Crippen LogP contribution in [-0.2, 0) is 11.3 Å². The summed E-state index contributed by atoms with van der Waals surface area (Å²) in [6, 6.07) is 12.2. The summed E-state index contributed by atoms with van der Waals surface area (Å²) >= 11 is 0.